The number of hydrogen-bond acceptors (Lipinski definition) is 6. The van der Waals surface area contributed by atoms with Crippen LogP contribution in [0.4, 0.5) is 11.6 Å². The van der Waals surface area contributed by atoms with Gasteiger partial charge in [-0.15, -0.1) is 0 Å². The molecule has 0 aliphatic carbocycles. The number of aromatic nitrogens is 2. The number of hydrogen-bond donors (Lipinski definition) is 1. The average Bonchev–Trinajstić information content (AvgIpc) is 2.65. The molecule has 1 atom stereocenters. The second-order valence-electron chi connectivity index (χ2n) is 3.39. The molecule has 0 radical (unpaired) electrons. The highest BCUT2D eigenvalue weighted by Gasteiger charge is 2.22. The zero-order valence-electron chi connectivity index (χ0n) is 7.91. The first kappa shape index (κ1) is 9.78. The van der Waals surface area contributed by atoms with Crippen LogP contribution in [0.25, 0.3) is 0 Å². The summed E-state index contributed by atoms with van der Waals surface area (Å²) in [6.07, 6.45) is 2.67. The summed E-state index contributed by atoms with van der Waals surface area (Å²) in [6.45, 7) is 1.16. The number of nitrogens with zero attached hydrogens (tertiary/aromatic N) is 4. The summed E-state index contributed by atoms with van der Waals surface area (Å²) in [5.74, 6) is 0.428. The van der Waals surface area contributed by atoms with Crippen LogP contribution in [0.15, 0.2) is 12.4 Å². The fourth-order valence-electron chi connectivity index (χ4n) is 1.50. The summed E-state index contributed by atoms with van der Waals surface area (Å²) >= 11 is 0. The fraction of sp³-hybridized carbons (Fsp3) is 0.500. The van der Waals surface area contributed by atoms with E-state index in [9.17, 15) is 15.2 Å². The van der Waals surface area contributed by atoms with Crippen molar-refractivity contribution in [2.24, 2.45) is 0 Å². The molecule has 1 aromatic heterocycles. The third-order valence-corrected chi connectivity index (χ3v) is 2.28. The van der Waals surface area contributed by atoms with Crippen molar-refractivity contribution < 1.29 is 10.0 Å². The Balaban J connectivity index is 2.13. The maximum Gasteiger partial charge on any atom is 0.305 e. The van der Waals surface area contributed by atoms with Crippen molar-refractivity contribution in [2.75, 3.05) is 18.0 Å². The van der Waals surface area contributed by atoms with Gasteiger partial charge in [0, 0.05) is 13.1 Å². The molecular formula is C8H10N4O3. The van der Waals surface area contributed by atoms with Crippen molar-refractivity contribution in [2.45, 2.75) is 12.5 Å². The Morgan fingerprint density at radius 1 is 1.53 bits per heavy atom. The minimum absolute atomic E-state index is 0.126. The van der Waals surface area contributed by atoms with E-state index in [1.54, 1.807) is 4.90 Å². The molecular weight excluding hydrogens is 200 g/mol. The third kappa shape index (κ3) is 2.01. The predicted octanol–water partition coefficient (Wildman–Crippen LogP) is -0.0442. The largest absolute Gasteiger partial charge is 0.391 e. The zero-order valence-corrected chi connectivity index (χ0v) is 7.91. The molecule has 1 N–H and O–H groups in total. The summed E-state index contributed by atoms with van der Waals surface area (Å²) in [5.41, 5.74) is -0.126. The van der Waals surface area contributed by atoms with Crippen LogP contribution in [-0.2, 0) is 0 Å². The number of aliphatic hydroxyl groups is 1. The van der Waals surface area contributed by atoms with Gasteiger partial charge in [-0.05, 0) is 6.42 Å². The van der Waals surface area contributed by atoms with Crippen molar-refractivity contribution in [3.63, 3.8) is 0 Å². The highest BCUT2D eigenvalue weighted by molar-refractivity contribution is 5.35. The first-order valence-corrected chi connectivity index (χ1v) is 4.56. The molecule has 1 aromatic rings. The SMILES string of the molecule is O=[N+]([O-])c1cnc(N2CC[C@H](O)C2)nc1. The molecule has 80 valence electrons. The minimum atomic E-state index is -0.539. The molecule has 2 rings (SSSR count). The Kier molecular flexibility index (Phi) is 2.46. The van der Waals surface area contributed by atoms with Gasteiger partial charge in [-0.2, -0.15) is 0 Å². The number of rotatable bonds is 2. The molecule has 0 unspecified atom stereocenters. The summed E-state index contributed by atoms with van der Waals surface area (Å²) in [5, 5.41) is 19.7. The van der Waals surface area contributed by atoms with Gasteiger partial charge in [0.15, 0.2) is 0 Å². The number of aliphatic hydroxyl groups excluding tert-OH is 1. The topological polar surface area (TPSA) is 92.4 Å². The lowest BCUT2D eigenvalue weighted by Crippen LogP contribution is -2.23. The standard InChI is InChI=1S/C8H10N4O3/c13-7-1-2-11(5-7)8-9-3-6(4-10-8)12(14)15/h3-4,7,13H,1-2,5H2/t7-/m0/s1. The van der Waals surface area contributed by atoms with Gasteiger partial charge >= 0.3 is 5.69 Å². The van der Waals surface area contributed by atoms with Crippen molar-refractivity contribution >= 4 is 11.6 Å². The van der Waals surface area contributed by atoms with Gasteiger partial charge in [0.25, 0.3) is 0 Å². The van der Waals surface area contributed by atoms with Crippen molar-refractivity contribution in [1.29, 1.82) is 0 Å². The Labute approximate surface area is 85.5 Å². The van der Waals surface area contributed by atoms with Crippen molar-refractivity contribution in [1.82, 2.24) is 9.97 Å². The number of nitro groups is 1. The van der Waals surface area contributed by atoms with Gasteiger partial charge in [-0.1, -0.05) is 0 Å². The Morgan fingerprint density at radius 3 is 2.67 bits per heavy atom. The predicted molar refractivity (Wildman–Crippen MR) is 51.5 cm³/mol. The van der Waals surface area contributed by atoms with Crippen LogP contribution >= 0.6 is 0 Å². The summed E-state index contributed by atoms with van der Waals surface area (Å²) < 4.78 is 0. The lowest BCUT2D eigenvalue weighted by Gasteiger charge is -2.13. The van der Waals surface area contributed by atoms with Gasteiger partial charge in [-0.25, -0.2) is 9.97 Å². The smallest absolute Gasteiger partial charge is 0.305 e. The van der Waals surface area contributed by atoms with E-state index >= 15 is 0 Å². The second kappa shape index (κ2) is 3.77. The van der Waals surface area contributed by atoms with Crippen LogP contribution in [0, 0.1) is 10.1 Å². The summed E-state index contributed by atoms with van der Waals surface area (Å²) in [4.78, 5) is 19.4. The quantitative estimate of drug-likeness (QED) is 0.543. The fourth-order valence-corrected chi connectivity index (χ4v) is 1.50. The van der Waals surface area contributed by atoms with Crippen LogP contribution in [0.3, 0.4) is 0 Å². The average molecular weight is 210 g/mol. The molecule has 0 amide bonds. The molecule has 15 heavy (non-hydrogen) atoms. The molecule has 0 spiro atoms. The molecule has 7 nitrogen and oxygen atoms in total. The maximum absolute atomic E-state index is 10.4. The van der Waals surface area contributed by atoms with Crippen molar-refractivity contribution in [3.05, 3.63) is 22.5 Å². The zero-order chi connectivity index (χ0) is 10.8. The number of anilines is 1. The lowest BCUT2D eigenvalue weighted by molar-refractivity contribution is -0.385. The molecule has 1 aliphatic rings. The van der Waals surface area contributed by atoms with Crippen LogP contribution in [0.5, 0.6) is 0 Å². The summed E-state index contributed by atoms with van der Waals surface area (Å²) in [6, 6.07) is 0. The monoisotopic (exact) mass is 210 g/mol. The molecule has 1 saturated heterocycles. The first-order valence-electron chi connectivity index (χ1n) is 4.56. The Morgan fingerprint density at radius 2 is 2.20 bits per heavy atom. The van der Waals surface area contributed by atoms with Crippen molar-refractivity contribution in [3.8, 4) is 0 Å². The second-order valence-corrected chi connectivity index (χ2v) is 3.39. The van der Waals surface area contributed by atoms with E-state index in [0.29, 0.717) is 25.5 Å². The molecule has 0 bridgehead atoms. The van der Waals surface area contributed by atoms with E-state index < -0.39 is 4.92 Å². The Hall–Kier alpha value is -1.76. The number of β-amino-alcohol motifs (C(OH)–C–C–N with tert-alkyl or cyclic N) is 1. The van der Waals surface area contributed by atoms with E-state index in [2.05, 4.69) is 9.97 Å². The molecule has 1 fully saturated rings. The van der Waals surface area contributed by atoms with Gasteiger partial charge < -0.3 is 10.0 Å². The van der Waals surface area contributed by atoms with Crippen LogP contribution in [0.1, 0.15) is 6.42 Å². The lowest BCUT2D eigenvalue weighted by atomic mass is 10.3. The van der Waals surface area contributed by atoms with E-state index in [-0.39, 0.29) is 11.8 Å². The van der Waals surface area contributed by atoms with Crippen LogP contribution in [0.2, 0.25) is 0 Å². The maximum atomic E-state index is 10.4. The first-order chi connectivity index (χ1) is 7.16. The molecule has 0 aromatic carbocycles. The summed E-state index contributed by atoms with van der Waals surface area (Å²) in [7, 11) is 0. The van der Waals surface area contributed by atoms with E-state index in [4.69, 9.17) is 0 Å². The molecule has 7 heteroatoms. The van der Waals surface area contributed by atoms with E-state index in [1.807, 2.05) is 0 Å². The van der Waals surface area contributed by atoms with Crippen LogP contribution < -0.4 is 4.90 Å². The molecule has 1 aliphatic heterocycles. The van der Waals surface area contributed by atoms with Gasteiger partial charge in [0.05, 0.1) is 11.0 Å². The van der Waals surface area contributed by atoms with Gasteiger partial charge in [-0.3, -0.25) is 10.1 Å². The highest BCUT2D eigenvalue weighted by atomic mass is 16.6. The normalized spacial score (nSPS) is 20.6. The van der Waals surface area contributed by atoms with Crippen LogP contribution in [-0.4, -0.2) is 39.2 Å². The van der Waals surface area contributed by atoms with E-state index in [0.717, 1.165) is 0 Å². The van der Waals surface area contributed by atoms with E-state index in [1.165, 1.54) is 12.4 Å². The third-order valence-electron chi connectivity index (χ3n) is 2.28. The van der Waals surface area contributed by atoms with Gasteiger partial charge in [0.1, 0.15) is 12.4 Å². The Bertz CT molecular complexity index is 367. The molecule has 0 saturated carbocycles. The minimum Gasteiger partial charge on any atom is -0.391 e. The molecule has 2 heterocycles. The van der Waals surface area contributed by atoms with Gasteiger partial charge in [0.2, 0.25) is 5.95 Å². The highest BCUT2D eigenvalue weighted by Crippen LogP contribution is 2.17.